The number of ether oxygens (including phenoxy) is 1. The molecule has 0 N–H and O–H groups in total. The van der Waals surface area contributed by atoms with Crippen molar-refractivity contribution in [1.29, 1.82) is 0 Å². The molecule has 1 aromatic carbocycles. The molecule has 0 spiro atoms. The van der Waals surface area contributed by atoms with Crippen LogP contribution >= 0.6 is 0 Å². The molecule has 0 aliphatic heterocycles. The van der Waals surface area contributed by atoms with Gasteiger partial charge in [0.1, 0.15) is 5.75 Å². The van der Waals surface area contributed by atoms with Gasteiger partial charge >= 0.3 is 0 Å². The van der Waals surface area contributed by atoms with Gasteiger partial charge in [0.15, 0.2) is 5.65 Å². The van der Waals surface area contributed by atoms with Crippen LogP contribution in [0.2, 0.25) is 0 Å². The molecule has 0 amide bonds. The smallest absolute Gasteiger partial charge is 0.155 e. The normalized spacial score (nSPS) is 11.1. The lowest BCUT2D eigenvalue weighted by Crippen LogP contribution is -2.11. The Balaban J connectivity index is 1.90. The monoisotopic (exact) mass is 305 g/mol. The minimum absolute atomic E-state index is 0.00262. The van der Waals surface area contributed by atoms with E-state index in [2.05, 4.69) is 42.7 Å². The summed E-state index contributed by atoms with van der Waals surface area (Å²) in [4.78, 5) is 4.43. The van der Waals surface area contributed by atoms with Crippen molar-refractivity contribution in [2.24, 2.45) is 0 Å². The Labute approximate surface area is 136 Å². The van der Waals surface area contributed by atoms with Crippen LogP contribution in [0.15, 0.2) is 42.7 Å². The van der Waals surface area contributed by atoms with Crippen molar-refractivity contribution in [2.75, 3.05) is 7.11 Å². The van der Waals surface area contributed by atoms with E-state index in [1.165, 1.54) is 0 Å². The van der Waals surface area contributed by atoms with E-state index >= 15 is 0 Å². The van der Waals surface area contributed by atoms with Crippen LogP contribution in [-0.2, 0) is 5.41 Å². The van der Waals surface area contributed by atoms with E-state index in [0.29, 0.717) is 0 Å². The maximum Gasteiger partial charge on any atom is 0.155 e. The second kappa shape index (κ2) is 5.77. The third-order valence-electron chi connectivity index (χ3n) is 3.52. The first-order chi connectivity index (χ1) is 11.0. The van der Waals surface area contributed by atoms with Crippen LogP contribution < -0.4 is 4.74 Å². The molecule has 0 bridgehead atoms. The molecule has 0 radical (unpaired) electrons. The molecule has 0 aliphatic carbocycles. The number of nitrogens with zero attached hydrogens (tertiary/aromatic N) is 3. The average Bonchev–Trinajstić information content (AvgIpc) is 2.97. The van der Waals surface area contributed by atoms with Crippen molar-refractivity contribution < 1.29 is 4.74 Å². The summed E-state index contributed by atoms with van der Waals surface area (Å²) in [6.45, 7) is 6.41. The molecule has 4 nitrogen and oxygen atoms in total. The van der Waals surface area contributed by atoms with E-state index in [-0.39, 0.29) is 5.41 Å². The number of hydrogen-bond donors (Lipinski definition) is 0. The first-order valence-corrected chi connectivity index (χ1v) is 7.48. The minimum Gasteiger partial charge on any atom is -0.497 e. The number of aromatic nitrogens is 3. The first kappa shape index (κ1) is 15.1. The highest BCUT2D eigenvalue weighted by atomic mass is 16.5. The zero-order valence-corrected chi connectivity index (χ0v) is 13.8. The second-order valence-corrected chi connectivity index (χ2v) is 6.40. The van der Waals surface area contributed by atoms with Gasteiger partial charge in [-0.25, -0.2) is 9.50 Å². The van der Waals surface area contributed by atoms with Gasteiger partial charge in [0.05, 0.1) is 18.4 Å². The molecular weight excluding hydrogens is 286 g/mol. The molecule has 3 rings (SSSR count). The molecule has 0 saturated carbocycles. The van der Waals surface area contributed by atoms with Crippen LogP contribution in [0.3, 0.4) is 0 Å². The molecular formula is C19H19N3O. The molecule has 0 aliphatic rings. The predicted molar refractivity (Wildman–Crippen MR) is 90.7 cm³/mol. The molecule has 4 heteroatoms. The van der Waals surface area contributed by atoms with Crippen molar-refractivity contribution in [2.45, 2.75) is 26.2 Å². The van der Waals surface area contributed by atoms with Gasteiger partial charge in [-0.05, 0) is 24.3 Å². The van der Waals surface area contributed by atoms with Gasteiger partial charge in [0.2, 0.25) is 0 Å². The second-order valence-electron chi connectivity index (χ2n) is 6.40. The summed E-state index contributed by atoms with van der Waals surface area (Å²) < 4.78 is 6.93. The van der Waals surface area contributed by atoms with E-state index < -0.39 is 0 Å². The van der Waals surface area contributed by atoms with Crippen LogP contribution in [0.1, 0.15) is 37.6 Å². The van der Waals surface area contributed by atoms with Gasteiger partial charge in [0, 0.05) is 29.4 Å². The SMILES string of the molecule is COc1ccc(C#Cc2cnc3cc(C(C)(C)C)nn3c2)cc1. The van der Waals surface area contributed by atoms with Crippen LogP contribution in [0.25, 0.3) is 5.65 Å². The average molecular weight is 305 g/mol. The van der Waals surface area contributed by atoms with E-state index in [4.69, 9.17) is 4.74 Å². The summed E-state index contributed by atoms with van der Waals surface area (Å²) in [5, 5.41) is 4.59. The zero-order chi connectivity index (χ0) is 16.4. The molecule has 23 heavy (non-hydrogen) atoms. The fourth-order valence-corrected chi connectivity index (χ4v) is 2.13. The zero-order valence-electron chi connectivity index (χ0n) is 13.8. The van der Waals surface area contributed by atoms with Gasteiger partial charge < -0.3 is 4.74 Å². The molecule has 0 atom stereocenters. The fraction of sp³-hybridized carbons (Fsp3) is 0.263. The predicted octanol–water partition coefficient (Wildman–Crippen LogP) is 3.44. The highest BCUT2D eigenvalue weighted by Gasteiger charge is 2.17. The third kappa shape index (κ3) is 3.35. The lowest BCUT2D eigenvalue weighted by atomic mass is 9.93. The Morgan fingerprint density at radius 1 is 1.04 bits per heavy atom. The fourth-order valence-electron chi connectivity index (χ4n) is 2.13. The lowest BCUT2D eigenvalue weighted by Gasteiger charge is -2.13. The molecule has 0 saturated heterocycles. The summed E-state index contributed by atoms with van der Waals surface area (Å²) in [5.74, 6) is 7.08. The Morgan fingerprint density at radius 3 is 2.39 bits per heavy atom. The van der Waals surface area contributed by atoms with Crippen molar-refractivity contribution in [3.05, 3.63) is 59.5 Å². The molecule has 116 valence electrons. The molecule has 0 unspecified atom stereocenters. The van der Waals surface area contributed by atoms with E-state index in [0.717, 1.165) is 28.2 Å². The summed E-state index contributed by atoms with van der Waals surface area (Å²) in [6.07, 6.45) is 3.69. The molecule has 2 heterocycles. The Kier molecular flexibility index (Phi) is 3.79. The molecule has 2 aromatic heterocycles. The van der Waals surface area contributed by atoms with Crippen LogP contribution in [0.5, 0.6) is 5.75 Å². The largest absolute Gasteiger partial charge is 0.497 e. The lowest BCUT2D eigenvalue weighted by molar-refractivity contribution is 0.415. The van der Waals surface area contributed by atoms with Gasteiger partial charge in [0.25, 0.3) is 0 Å². The van der Waals surface area contributed by atoms with Gasteiger partial charge in [-0.2, -0.15) is 5.10 Å². The summed E-state index contributed by atoms with van der Waals surface area (Å²) >= 11 is 0. The summed E-state index contributed by atoms with van der Waals surface area (Å²) in [6, 6.07) is 9.68. The quantitative estimate of drug-likeness (QED) is 0.647. The standard InChI is InChI=1S/C19H19N3O/c1-19(2,3)17-11-18-20-12-15(13-22(18)21-17)6-5-14-7-9-16(23-4)10-8-14/h7-13H,1-4H3. The number of rotatable bonds is 1. The molecule has 3 aromatic rings. The van der Waals surface area contributed by atoms with Crippen LogP contribution in [0.4, 0.5) is 0 Å². The maximum absolute atomic E-state index is 5.14. The summed E-state index contributed by atoms with van der Waals surface area (Å²) in [5.41, 5.74) is 3.62. The van der Waals surface area contributed by atoms with E-state index in [1.807, 2.05) is 36.5 Å². The highest BCUT2D eigenvalue weighted by molar-refractivity contribution is 5.46. The van der Waals surface area contributed by atoms with Gasteiger partial charge in [-0.15, -0.1) is 0 Å². The summed E-state index contributed by atoms with van der Waals surface area (Å²) in [7, 11) is 1.65. The minimum atomic E-state index is 0.00262. The Hall–Kier alpha value is -2.80. The number of benzene rings is 1. The van der Waals surface area contributed by atoms with Crippen molar-refractivity contribution in [1.82, 2.24) is 14.6 Å². The van der Waals surface area contributed by atoms with Gasteiger partial charge in [-0.1, -0.05) is 32.6 Å². The molecule has 0 fully saturated rings. The highest BCUT2D eigenvalue weighted by Crippen LogP contribution is 2.21. The van der Waals surface area contributed by atoms with Crippen LogP contribution in [0, 0.1) is 11.8 Å². The maximum atomic E-state index is 5.14. The number of methoxy groups -OCH3 is 1. The Bertz CT molecular complexity index is 890. The van der Waals surface area contributed by atoms with E-state index in [1.54, 1.807) is 17.8 Å². The van der Waals surface area contributed by atoms with Crippen molar-refractivity contribution >= 4 is 5.65 Å². The van der Waals surface area contributed by atoms with Crippen molar-refractivity contribution in [3.63, 3.8) is 0 Å². The third-order valence-corrected chi connectivity index (χ3v) is 3.52. The topological polar surface area (TPSA) is 39.4 Å². The first-order valence-electron chi connectivity index (χ1n) is 7.48. The van der Waals surface area contributed by atoms with Crippen LogP contribution in [-0.4, -0.2) is 21.7 Å². The Morgan fingerprint density at radius 2 is 1.74 bits per heavy atom. The van der Waals surface area contributed by atoms with Gasteiger partial charge in [-0.3, -0.25) is 0 Å². The number of fused-ring (bicyclic) bond motifs is 1. The van der Waals surface area contributed by atoms with Crippen molar-refractivity contribution in [3.8, 4) is 17.6 Å². The van der Waals surface area contributed by atoms with E-state index in [9.17, 15) is 0 Å². The number of hydrogen-bond acceptors (Lipinski definition) is 3.